The topological polar surface area (TPSA) is 72.9 Å². The van der Waals surface area contributed by atoms with Crippen LogP contribution in [0.4, 0.5) is 4.79 Å². The molecule has 2 amide bonds. The van der Waals surface area contributed by atoms with Gasteiger partial charge in [0.15, 0.2) is 0 Å². The number of carboxylic acids is 1. The van der Waals surface area contributed by atoms with Crippen LogP contribution in [0.5, 0.6) is 0 Å². The zero-order valence-corrected chi connectivity index (χ0v) is 13.3. The SMILES string of the molecule is CC1CCCN(C(=O)NCC2(N(C)C)CCC2)C1C(=O)O. The Balaban J connectivity index is 1.97. The van der Waals surface area contributed by atoms with Crippen molar-refractivity contribution in [3.63, 3.8) is 0 Å². The van der Waals surface area contributed by atoms with Gasteiger partial charge in [0.1, 0.15) is 6.04 Å². The Labute approximate surface area is 126 Å². The number of urea groups is 1. The number of amides is 2. The van der Waals surface area contributed by atoms with Crippen LogP contribution in [0.3, 0.4) is 0 Å². The van der Waals surface area contributed by atoms with Crippen LogP contribution >= 0.6 is 0 Å². The molecule has 0 aromatic heterocycles. The first-order valence-corrected chi connectivity index (χ1v) is 7.82. The number of hydrogen-bond donors (Lipinski definition) is 2. The zero-order valence-electron chi connectivity index (χ0n) is 13.3. The Morgan fingerprint density at radius 1 is 1.33 bits per heavy atom. The first-order chi connectivity index (χ1) is 9.87. The third kappa shape index (κ3) is 3.15. The standard InChI is InChI=1S/C15H27N3O3/c1-11-6-4-9-18(12(11)13(19)20)14(21)16-10-15(17(2)3)7-5-8-15/h11-12H,4-10H2,1-3H3,(H,16,21)(H,19,20). The second kappa shape index (κ2) is 6.22. The molecule has 1 saturated heterocycles. The van der Waals surface area contributed by atoms with Crippen molar-refractivity contribution in [1.82, 2.24) is 15.1 Å². The van der Waals surface area contributed by atoms with Crippen molar-refractivity contribution in [3.8, 4) is 0 Å². The second-order valence-corrected chi connectivity index (χ2v) is 6.73. The van der Waals surface area contributed by atoms with Gasteiger partial charge in [-0.05, 0) is 52.1 Å². The number of carbonyl (C=O) groups is 2. The van der Waals surface area contributed by atoms with Gasteiger partial charge in [-0.1, -0.05) is 6.92 Å². The van der Waals surface area contributed by atoms with E-state index in [-0.39, 0.29) is 17.5 Å². The number of nitrogens with one attached hydrogen (secondary N) is 1. The molecule has 6 heteroatoms. The van der Waals surface area contributed by atoms with Gasteiger partial charge in [0.05, 0.1) is 0 Å². The summed E-state index contributed by atoms with van der Waals surface area (Å²) < 4.78 is 0. The van der Waals surface area contributed by atoms with Gasteiger partial charge in [-0.25, -0.2) is 9.59 Å². The Bertz CT molecular complexity index is 407. The van der Waals surface area contributed by atoms with E-state index in [2.05, 4.69) is 10.2 Å². The minimum atomic E-state index is -0.900. The number of piperidine rings is 1. The fourth-order valence-corrected chi connectivity index (χ4v) is 3.50. The maximum absolute atomic E-state index is 12.4. The summed E-state index contributed by atoms with van der Waals surface area (Å²) in [7, 11) is 4.07. The van der Waals surface area contributed by atoms with E-state index in [0.29, 0.717) is 13.1 Å². The Morgan fingerprint density at radius 2 is 2.00 bits per heavy atom. The molecule has 1 aliphatic heterocycles. The molecule has 2 fully saturated rings. The minimum absolute atomic E-state index is 0.00788. The van der Waals surface area contributed by atoms with E-state index >= 15 is 0 Å². The Kier molecular flexibility index (Phi) is 4.76. The molecule has 1 saturated carbocycles. The van der Waals surface area contributed by atoms with Crippen molar-refractivity contribution < 1.29 is 14.7 Å². The first kappa shape index (κ1) is 16.1. The average molecular weight is 297 g/mol. The summed E-state index contributed by atoms with van der Waals surface area (Å²) in [5.74, 6) is -0.892. The summed E-state index contributed by atoms with van der Waals surface area (Å²) in [5, 5.41) is 12.3. The zero-order chi connectivity index (χ0) is 15.6. The third-order valence-electron chi connectivity index (χ3n) is 5.25. The fourth-order valence-electron chi connectivity index (χ4n) is 3.50. The van der Waals surface area contributed by atoms with Gasteiger partial charge in [0.25, 0.3) is 0 Å². The predicted octanol–water partition coefficient (Wildman–Crippen LogP) is 1.37. The van der Waals surface area contributed by atoms with Crippen LogP contribution in [-0.4, -0.2) is 65.7 Å². The third-order valence-corrected chi connectivity index (χ3v) is 5.25. The molecule has 0 aromatic carbocycles. The van der Waals surface area contributed by atoms with Gasteiger partial charge >= 0.3 is 12.0 Å². The van der Waals surface area contributed by atoms with Gasteiger partial charge in [-0.2, -0.15) is 0 Å². The molecule has 2 N–H and O–H groups in total. The Hall–Kier alpha value is -1.30. The van der Waals surface area contributed by atoms with E-state index in [9.17, 15) is 14.7 Å². The smallest absolute Gasteiger partial charge is 0.326 e. The molecule has 0 radical (unpaired) electrons. The number of rotatable bonds is 4. The summed E-state index contributed by atoms with van der Waals surface area (Å²) in [4.78, 5) is 27.5. The van der Waals surface area contributed by atoms with Crippen molar-refractivity contribution in [2.45, 2.75) is 50.6 Å². The highest BCUT2D eigenvalue weighted by atomic mass is 16.4. The van der Waals surface area contributed by atoms with Gasteiger partial charge in [-0.3, -0.25) is 0 Å². The van der Waals surface area contributed by atoms with Crippen molar-refractivity contribution in [3.05, 3.63) is 0 Å². The van der Waals surface area contributed by atoms with Crippen LogP contribution in [0.2, 0.25) is 0 Å². The molecule has 21 heavy (non-hydrogen) atoms. The fraction of sp³-hybridized carbons (Fsp3) is 0.867. The van der Waals surface area contributed by atoms with Crippen LogP contribution in [0.1, 0.15) is 39.0 Å². The monoisotopic (exact) mass is 297 g/mol. The van der Waals surface area contributed by atoms with E-state index in [4.69, 9.17) is 0 Å². The summed E-state index contributed by atoms with van der Waals surface area (Å²) >= 11 is 0. The van der Waals surface area contributed by atoms with Gasteiger partial charge in [0.2, 0.25) is 0 Å². The highest BCUT2D eigenvalue weighted by molar-refractivity contribution is 5.83. The number of likely N-dealkylation sites (N-methyl/N-ethyl adjacent to an activating group) is 1. The van der Waals surface area contributed by atoms with E-state index in [0.717, 1.165) is 25.7 Å². The summed E-state index contributed by atoms with van der Waals surface area (Å²) in [6.07, 6.45) is 5.09. The van der Waals surface area contributed by atoms with Crippen molar-refractivity contribution in [2.75, 3.05) is 27.2 Å². The summed E-state index contributed by atoms with van der Waals surface area (Å²) in [5.41, 5.74) is 0.0514. The molecular weight excluding hydrogens is 270 g/mol. The lowest BCUT2D eigenvalue weighted by atomic mass is 9.75. The quantitative estimate of drug-likeness (QED) is 0.822. The average Bonchev–Trinajstić information content (AvgIpc) is 2.35. The molecule has 2 atom stereocenters. The lowest BCUT2D eigenvalue weighted by Gasteiger charge is -2.48. The van der Waals surface area contributed by atoms with Crippen molar-refractivity contribution in [2.24, 2.45) is 5.92 Å². The van der Waals surface area contributed by atoms with Gasteiger partial charge < -0.3 is 20.2 Å². The lowest BCUT2D eigenvalue weighted by molar-refractivity contribution is -0.145. The van der Waals surface area contributed by atoms with Crippen molar-refractivity contribution in [1.29, 1.82) is 0 Å². The molecule has 6 nitrogen and oxygen atoms in total. The highest BCUT2D eigenvalue weighted by Gasteiger charge is 2.41. The van der Waals surface area contributed by atoms with Crippen LogP contribution in [0.15, 0.2) is 0 Å². The number of carbonyl (C=O) groups excluding carboxylic acids is 1. The molecule has 2 unspecified atom stereocenters. The molecule has 1 aliphatic carbocycles. The van der Waals surface area contributed by atoms with E-state index in [1.54, 1.807) is 0 Å². The molecule has 2 aliphatic rings. The van der Waals surface area contributed by atoms with E-state index < -0.39 is 12.0 Å². The van der Waals surface area contributed by atoms with E-state index in [1.165, 1.54) is 11.3 Å². The number of aliphatic carboxylic acids is 1. The van der Waals surface area contributed by atoms with Crippen LogP contribution in [-0.2, 0) is 4.79 Å². The lowest BCUT2D eigenvalue weighted by Crippen LogP contribution is -2.61. The second-order valence-electron chi connectivity index (χ2n) is 6.73. The number of nitrogens with zero attached hydrogens (tertiary/aromatic N) is 2. The summed E-state index contributed by atoms with van der Waals surface area (Å²) in [6, 6.07) is -0.933. The van der Waals surface area contributed by atoms with Gasteiger partial charge in [0, 0.05) is 18.6 Å². The largest absolute Gasteiger partial charge is 0.480 e. The van der Waals surface area contributed by atoms with Gasteiger partial charge in [-0.15, -0.1) is 0 Å². The van der Waals surface area contributed by atoms with Crippen molar-refractivity contribution >= 4 is 12.0 Å². The molecule has 0 aromatic rings. The molecule has 1 heterocycles. The molecule has 0 spiro atoms. The molecule has 2 rings (SSSR count). The Morgan fingerprint density at radius 3 is 2.48 bits per heavy atom. The summed E-state index contributed by atoms with van der Waals surface area (Å²) in [6.45, 7) is 3.03. The maximum atomic E-state index is 12.4. The van der Waals surface area contributed by atoms with Crippen LogP contribution < -0.4 is 5.32 Å². The maximum Gasteiger partial charge on any atom is 0.326 e. The first-order valence-electron chi connectivity index (χ1n) is 7.82. The molecule has 120 valence electrons. The molecule has 0 bridgehead atoms. The number of carboxylic acid groups (broad SMARTS) is 1. The molecular formula is C15H27N3O3. The number of hydrogen-bond acceptors (Lipinski definition) is 3. The number of likely N-dealkylation sites (tertiary alicyclic amines) is 1. The van der Waals surface area contributed by atoms with Crippen LogP contribution in [0.25, 0.3) is 0 Å². The normalized spacial score (nSPS) is 28.1. The predicted molar refractivity (Wildman–Crippen MR) is 80.2 cm³/mol. The minimum Gasteiger partial charge on any atom is -0.480 e. The van der Waals surface area contributed by atoms with Crippen LogP contribution in [0, 0.1) is 5.92 Å². The van der Waals surface area contributed by atoms with E-state index in [1.807, 2.05) is 21.0 Å². The highest BCUT2D eigenvalue weighted by Crippen LogP contribution is 2.35.